The summed E-state index contributed by atoms with van der Waals surface area (Å²) in [5, 5.41) is 20.2. The maximum Gasteiger partial charge on any atom is 0.336 e. The third kappa shape index (κ3) is 3.93. The van der Waals surface area contributed by atoms with Crippen molar-refractivity contribution in [3.8, 4) is 17.1 Å². The highest BCUT2D eigenvalue weighted by Crippen LogP contribution is 2.32. The van der Waals surface area contributed by atoms with Crippen LogP contribution in [-0.4, -0.2) is 19.9 Å². The quantitative estimate of drug-likeness (QED) is 0.227. The third-order valence-corrected chi connectivity index (χ3v) is 6.25. The SMILES string of the molecule is C=CCn1c(SCc2cc(=O)oc3c(C)c(O)ccc23)nnc1-c1ccc(Br)cc1. The van der Waals surface area contributed by atoms with E-state index < -0.39 is 5.63 Å². The predicted octanol–water partition coefficient (Wildman–Crippen LogP) is 5.31. The van der Waals surface area contributed by atoms with Crippen LogP contribution in [0.25, 0.3) is 22.4 Å². The van der Waals surface area contributed by atoms with Crippen LogP contribution in [0.3, 0.4) is 0 Å². The van der Waals surface area contributed by atoms with Crippen LogP contribution in [0.4, 0.5) is 0 Å². The molecule has 6 nitrogen and oxygen atoms in total. The van der Waals surface area contributed by atoms with Crippen LogP contribution in [0.5, 0.6) is 5.75 Å². The van der Waals surface area contributed by atoms with Crippen LogP contribution >= 0.6 is 27.7 Å². The molecule has 30 heavy (non-hydrogen) atoms. The first-order valence-electron chi connectivity index (χ1n) is 9.16. The van der Waals surface area contributed by atoms with Crippen molar-refractivity contribution in [2.75, 3.05) is 0 Å². The topological polar surface area (TPSA) is 81.2 Å². The standard InChI is InChI=1S/C22H18BrN3O3S/c1-3-10-26-21(14-4-6-16(23)7-5-14)24-25-22(26)30-12-15-11-19(28)29-20-13(2)18(27)9-8-17(15)20/h3-9,11,27H,1,10,12H2,2H3. The number of hydrogen-bond donors (Lipinski definition) is 1. The van der Waals surface area contributed by atoms with Gasteiger partial charge in [-0.25, -0.2) is 4.79 Å². The molecule has 1 N–H and O–H groups in total. The van der Waals surface area contributed by atoms with Crippen LogP contribution in [0.1, 0.15) is 11.1 Å². The Kier molecular flexibility index (Phi) is 5.78. The average Bonchev–Trinajstić information content (AvgIpc) is 3.13. The first-order valence-corrected chi connectivity index (χ1v) is 10.9. The zero-order valence-electron chi connectivity index (χ0n) is 16.1. The Balaban J connectivity index is 1.69. The normalized spacial score (nSPS) is 11.1. The van der Waals surface area contributed by atoms with E-state index in [2.05, 4.69) is 32.7 Å². The molecule has 0 amide bonds. The van der Waals surface area contributed by atoms with Gasteiger partial charge in [0.2, 0.25) is 0 Å². The van der Waals surface area contributed by atoms with Crippen LogP contribution in [0.2, 0.25) is 0 Å². The molecule has 8 heteroatoms. The van der Waals surface area contributed by atoms with Gasteiger partial charge in [-0.3, -0.25) is 4.57 Å². The maximum absolute atomic E-state index is 12.1. The number of hydrogen-bond acceptors (Lipinski definition) is 6. The van der Waals surface area contributed by atoms with Crippen molar-refractivity contribution in [3.63, 3.8) is 0 Å². The first-order chi connectivity index (χ1) is 14.5. The Morgan fingerprint density at radius 2 is 2.00 bits per heavy atom. The van der Waals surface area contributed by atoms with E-state index in [9.17, 15) is 9.90 Å². The lowest BCUT2D eigenvalue weighted by molar-refractivity contribution is 0.468. The van der Waals surface area contributed by atoms with Gasteiger partial charge in [0.1, 0.15) is 11.3 Å². The van der Waals surface area contributed by atoms with E-state index in [0.29, 0.717) is 23.4 Å². The van der Waals surface area contributed by atoms with Gasteiger partial charge in [0.05, 0.1) is 0 Å². The summed E-state index contributed by atoms with van der Waals surface area (Å²) in [7, 11) is 0. The molecule has 0 aliphatic rings. The number of thioether (sulfide) groups is 1. The summed E-state index contributed by atoms with van der Waals surface area (Å²) in [6, 6.07) is 12.7. The number of benzene rings is 2. The van der Waals surface area contributed by atoms with Crippen molar-refractivity contribution in [2.45, 2.75) is 24.4 Å². The number of nitrogens with zero attached hydrogens (tertiary/aromatic N) is 3. The lowest BCUT2D eigenvalue weighted by atomic mass is 10.1. The highest BCUT2D eigenvalue weighted by molar-refractivity contribution is 9.10. The van der Waals surface area contributed by atoms with Crippen molar-refractivity contribution in [1.82, 2.24) is 14.8 Å². The minimum absolute atomic E-state index is 0.0975. The Morgan fingerprint density at radius 1 is 1.23 bits per heavy atom. The van der Waals surface area contributed by atoms with Crippen molar-refractivity contribution in [2.24, 2.45) is 0 Å². The van der Waals surface area contributed by atoms with Gasteiger partial charge >= 0.3 is 5.63 Å². The van der Waals surface area contributed by atoms with Gasteiger partial charge in [0.15, 0.2) is 11.0 Å². The number of halogens is 1. The number of aromatic nitrogens is 3. The van der Waals surface area contributed by atoms with E-state index in [-0.39, 0.29) is 5.75 Å². The summed E-state index contributed by atoms with van der Waals surface area (Å²) >= 11 is 4.93. The van der Waals surface area contributed by atoms with Crippen molar-refractivity contribution in [1.29, 1.82) is 0 Å². The van der Waals surface area contributed by atoms with Gasteiger partial charge in [0.25, 0.3) is 0 Å². The fraction of sp³-hybridized carbons (Fsp3) is 0.136. The molecule has 4 rings (SSSR count). The molecule has 2 aromatic heterocycles. The Morgan fingerprint density at radius 3 is 2.73 bits per heavy atom. The second-order valence-corrected chi connectivity index (χ2v) is 8.54. The van der Waals surface area contributed by atoms with E-state index in [0.717, 1.165) is 32.0 Å². The van der Waals surface area contributed by atoms with Gasteiger partial charge in [0, 0.05) is 39.3 Å². The second kappa shape index (κ2) is 8.49. The van der Waals surface area contributed by atoms with Gasteiger partial charge < -0.3 is 9.52 Å². The van der Waals surface area contributed by atoms with Gasteiger partial charge in [-0.15, -0.1) is 16.8 Å². The molecule has 0 radical (unpaired) electrons. The van der Waals surface area contributed by atoms with E-state index in [4.69, 9.17) is 4.42 Å². The number of rotatable bonds is 6. The third-order valence-electron chi connectivity index (χ3n) is 4.71. The van der Waals surface area contributed by atoms with Crippen LogP contribution in [-0.2, 0) is 12.3 Å². The number of fused-ring (bicyclic) bond motifs is 1. The zero-order chi connectivity index (χ0) is 21.3. The maximum atomic E-state index is 12.1. The zero-order valence-corrected chi connectivity index (χ0v) is 18.5. The highest BCUT2D eigenvalue weighted by atomic mass is 79.9. The number of aromatic hydroxyl groups is 1. The lowest BCUT2D eigenvalue weighted by Gasteiger charge is -2.10. The van der Waals surface area contributed by atoms with Crippen molar-refractivity contribution in [3.05, 3.63) is 81.1 Å². The summed E-state index contributed by atoms with van der Waals surface area (Å²) in [6.45, 7) is 6.13. The van der Waals surface area contributed by atoms with E-state index in [1.807, 2.05) is 28.8 Å². The van der Waals surface area contributed by atoms with Crippen LogP contribution in [0.15, 0.2) is 74.0 Å². The smallest absolute Gasteiger partial charge is 0.336 e. The first kappa shape index (κ1) is 20.4. The number of phenolic OH excluding ortho intramolecular Hbond substituents is 1. The molecule has 0 bridgehead atoms. The van der Waals surface area contributed by atoms with Crippen molar-refractivity contribution < 1.29 is 9.52 Å². The molecule has 0 unspecified atom stereocenters. The molecule has 0 atom stereocenters. The highest BCUT2D eigenvalue weighted by Gasteiger charge is 2.16. The molecule has 152 valence electrons. The molecule has 0 aliphatic carbocycles. The summed E-state index contributed by atoms with van der Waals surface area (Å²) < 4.78 is 8.31. The van der Waals surface area contributed by atoms with Crippen LogP contribution < -0.4 is 5.63 Å². The van der Waals surface area contributed by atoms with E-state index in [1.165, 1.54) is 17.8 Å². The minimum Gasteiger partial charge on any atom is -0.508 e. The summed E-state index contributed by atoms with van der Waals surface area (Å²) in [6.07, 6.45) is 1.80. The molecule has 0 fully saturated rings. The Labute approximate surface area is 185 Å². The summed E-state index contributed by atoms with van der Waals surface area (Å²) in [5.74, 6) is 1.35. The Hall–Kier alpha value is -2.84. The van der Waals surface area contributed by atoms with Gasteiger partial charge in [-0.2, -0.15) is 0 Å². The summed E-state index contributed by atoms with van der Waals surface area (Å²) in [4.78, 5) is 12.1. The predicted molar refractivity (Wildman–Crippen MR) is 122 cm³/mol. The number of aryl methyl sites for hydroxylation is 1. The number of allylic oxidation sites excluding steroid dienone is 1. The fourth-order valence-electron chi connectivity index (χ4n) is 3.18. The van der Waals surface area contributed by atoms with E-state index >= 15 is 0 Å². The molecule has 0 spiro atoms. The molecule has 0 saturated heterocycles. The van der Waals surface area contributed by atoms with Crippen molar-refractivity contribution >= 4 is 38.7 Å². The molecule has 0 saturated carbocycles. The average molecular weight is 484 g/mol. The monoisotopic (exact) mass is 483 g/mol. The lowest BCUT2D eigenvalue weighted by Crippen LogP contribution is -2.03. The minimum atomic E-state index is -0.449. The molecule has 0 aliphatic heterocycles. The number of phenols is 1. The molecule has 2 heterocycles. The van der Waals surface area contributed by atoms with Gasteiger partial charge in [-0.1, -0.05) is 45.9 Å². The largest absolute Gasteiger partial charge is 0.508 e. The van der Waals surface area contributed by atoms with Gasteiger partial charge in [-0.05, 0) is 36.8 Å². The van der Waals surface area contributed by atoms with E-state index in [1.54, 1.807) is 25.1 Å². The molecular formula is C22H18BrN3O3S. The summed E-state index contributed by atoms with van der Waals surface area (Å²) in [5.41, 5.74) is 2.27. The molecular weight excluding hydrogens is 466 g/mol. The fourth-order valence-corrected chi connectivity index (χ4v) is 4.38. The second-order valence-electron chi connectivity index (χ2n) is 6.68. The molecule has 4 aromatic rings. The molecule has 2 aromatic carbocycles. The van der Waals surface area contributed by atoms with Crippen LogP contribution in [0, 0.1) is 6.92 Å². The Bertz CT molecular complexity index is 1300.